The first-order valence-corrected chi connectivity index (χ1v) is 6.07. The Balaban J connectivity index is 2.22. The van der Waals surface area contributed by atoms with Crippen molar-refractivity contribution < 1.29 is 9.53 Å². The summed E-state index contributed by atoms with van der Waals surface area (Å²) >= 11 is 0. The molecule has 6 heteroatoms. The molecule has 0 unspecified atom stereocenters. The first-order chi connectivity index (χ1) is 8.63. The Kier molecular flexibility index (Phi) is 3.64. The fourth-order valence-corrected chi connectivity index (χ4v) is 1.79. The van der Waals surface area contributed by atoms with Crippen molar-refractivity contribution in [2.45, 2.75) is 25.8 Å². The van der Waals surface area contributed by atoms with E-state index in [9.17, 15) is 9.59 Å². The Labute approximate surface area is 105 Å². The van der Waals surface area contributed by atoms with Crippen LogP contribution in [-0.4, -0.2) is 34.7 Å². The van der Waals surface area contributed by atoms with Crippen LogP contribution in [0.3, 0.4) is 0 Å². The zero-order chi connectivity index (χ0) is 13.1. The molecule has 2 rings (SSSR count). The third-order valence-corrected chi connectivity index (χ3v) is 2.86. The molecule has 0 spiro atoms. The van der Waals surface area contributed by atoms with Gasteiger partial charge in [0, 0.05) is 25.5 Å². The summed E-state index contributed by atoms with van der Waals surface area (Å²) in [5, 5.41) is 0. The highest BCUT2D eigenvalue weighted by molar-refractivity contribution is 5.75. The molecule has 1 aliphatic rings. The highest BCUT2D eigenvalue weighted by Gasteiger charge is 2.33. The molecule has 0 N–H and O–H groups in total. The van der Waals surface area contributed by atoms with E-state index in [0.29, 0.717) is 12.4 Å². The van der Waals surface area contributed by atoms with E-state index in [0.717, 1.165) is 12.8 Å². The predicted molar refractivity (Wildman–Crippen MR) is 66.5 cm³/mol. The van der Waals surface area contributed by atoms with Crippen molar-refractivity contribution in [1.82, 2.24) is 9.55 Å². The summed E-state index contributed by atoms with van der Waals surface area (Å²) in [6.45, 7) is 2.20. The van der Waals surface area contributed by atoms with E-state index in [4.69, 9.17) is 4.74 Å². The van der Waals surface area contributed by atoms with E-state index < -0.39 is 0 Å². The van der Waals surface area contributed by atoms with Gasteiger partial charge in [0.25, 0.3) is 5.56 Å². The van der Waals surface area contributed by atoms with Crippen LogP contribution in [0.4, 0.5) is 5.82 Å². The maximum atomic E-state index is 12.0. The van der Waals surface area contributed by atoms with Crippen molar-refractivity contribution in [1.29, 1.82) is 0 Å². The number of esters is 1. The molecular weight excluding hydrogens is 234 g/mol. The van der Waals surface area contributed by atoms with Crippen LogP contribution >= 0.6 is 0 Å². The van der Waals surface area contributed by atoms with Gasteiger partial charge in [0.05, 0.1) is 6.61 Å². The summed E-state index contributed by atoms with van der Waals surface area (Å²) in [6, 6.07) is 0.233. The van der Waals surface area contributed by atoms with Gasteiger partial charge >= 0.3 is 5.97 Å². The van der Waals surface area contributed by atoms with Gasteiger partial charge in [-0.15, -0.1) is 0 Å². The molecule has 0 bridgehead atoms. The molecule has 0 atom stereocenters. The van der Waals surface area contributed by atoms with Crippen LogP contribution in [0.2, 0.25) is 0 Å². The lowest BCUT2D eigenvalue weighted by atomic mass is 10.4. The first-order valence-electron chi connectivity index (χ1n) is 6.07. The summed E-state index contributed by atoms with van der Waals surface area (Å²) in [6.07, 6.45) is 5.14. The highest BCUT2D eigenvalue weighted by atomic mass is 16.5. The third-order valence-electron chi connectivity index (χ3n) is 2.86. The second-order valence-electron chi connectivity index (χ2n) is 4.33. The fourth-order valence-electron chi connectivity index (χ4n) is 1.79. The fraction of sp³-hybridized carbons (Fsp3) is 0.583. The smallest absolute Gasteiger partial charge is 0.325 e. The minimum Gasteiger partial charge on any atom is -0.465 e. The van der Waals surface area contributed by atoms with Crippen molar-refractivity contribution in [2.75, 3.05) is 18.1 Å². The Bertz CT molecular complexity index is 494. The van der Waals surface area contributed by atoms with Crippen molar-refractivity contribution in [3.05, 3.63) is 22.7 Å². The molecule has 1 aromatic rings. The van der Waals surface area contributed by atoms with Gasteiger partial charge in [-0.2, -0.15) is 0 Å². The third kappa shape index (κ3) is 2.69. The molecule has 1 saturated carbocycles. The van der Waals surface area contributed by atoms with Crippen LogP contribution in [0.15, 0.2) is 17.2 Å². The number of aromatic nitrogens is 2. The summed E-state index contributed by atoms with van der Waals surface area (Å²) in [5.41, 5.74) is -0.186. The summed E-state index contributed by atoms with van der Waals surface area (Å²) in [5.74, 6) is 0.00709. The molecule has 0 aromatic carbocycles. The number of aryl methyl sites for hydroxylation is 1. The SMILES string of the molecule is CCOC(=O)CN(c1nccn(C)c1=O)C1CC1. The van der Waals surface area contributed by atoms with Crippen LogP contribution in [0.1, 0.15) is 19.8 Å². The minimum atomic E-state index is -0.322. The van der Waals surface area contributed by atoms with Crippen LogP contribution < -0.4 is 10.5 Å². The van der Waals surface area contributed by atoms with Gasteiger partial charge in [-0.25, -0.2) is 4.98 Å². The summed E-state index contributed by atoms with van der Waals surface area (Å²) in [7, 11) is 1.67. The predicted octanol–water partition coefficient (Wildman–Crippen LogP) is 0.312. The Morgan fingerprint density at radius 2 is 2.33 bits per heavy atom. The number of carbonyl (C=O) groups excluding carboxylic acids is 1. The second-order valence-corrected chi connectivity index (χ2v) is 4.33. The van der Waals surface area contributed by atoms with Crippen LogP contribution in [0.5, 0.6) is 0 Å². The maximum absolute atomic E-state index is 12.0. The lowest BCUT2D eigenvalue weighted by Crippen LogP contribution is -2.38. The molecule has 0 aliphatic heterocycles. The van der Waals surface area contributed by atoms with Gasteiger partial charge in [0.2, 0.25) is 0 Å². The van der Waals surface area contributed by atoms with Crippen molar-refractivity contribution in [3.63, 3.8) is 0 Å². The minimum absolute atomic E-state index is 0.0881. The molecule has 1 heterocycles. The molecule has 18 heavy (non-hydrogen) atoms. The van der Waals surface area contributed by atoms with Crippen molar-refractivity contribution >= 4 is 11.8 Å². The normalized spacial score (nSPS) is 14.3. The molecular formula is C12H17N3O3. The average molecular weight is 251 g/mol. The van der Waals surface area contributed by atoms with Gasteiger partial charge in [0.15, 0.2) is 5.82 Å². The number of ether oxygens (including phenoxy) is 1. The zero-order valence-electron chi connectivity index (χ0n) is 10.6. The van der Waals surface area contributed by atoms with Crippen LogP contribution in [0, 0.1) is 0 Å². The van der Waals surface area contributed by atoms with Crippen molar-refractivity contribution in [2.24, 2.45) is 7.05 Å². The van der Waals surface area contributed by atoms with E-state index in [-0.39, 0.29) is 24.1 Å². The van der Waals surface area contributed by atoms with Crippen molar-refractivity contribution in [3.8, 4) is 0 Å². The number of carbonyl (C=O) groups is 1. The average Bonchev–Trinajstić information content (AvgIpc) is 3.15. The number of hydrogen-bond donors (Lipinski definition) is 0. The van der Waals surface area contributed by atoms with E-state index in [1.165, 1.54) is 4.57 Å². The second kappa shape index (κ2) is 5.20. The summed E-state index contributed by atoms with van der Waals surface area (Å²) < 4.78 is 6.39. The van der Waals surface area contributed by atoms with Gasteiger partial charge in [-0.05, 0) is 19.8 Å². The zero-order valence-corrected chi connectivity index (χ0v) is 10.6. The Morgan fingerprint density at radius 3 is 2.94 bits per heavy atom. The highest BCUT2D eigenvalue weighted by Crippen LogP contribution is 2.28. The molecule has 1 aromatic heterocycles. The molecule has 1 aliphatic carbocycles. The summed E-state index contributed by atoms with van der Waals surface area (Å²) in [4.78, 5) is 29.4. The van der Waals surface area contributed by atoms with Crippen LogP contribution in [0.25, 0.3) is 0 Å². The quantitative estimate of drug-likeness (QED) is 0.705. The lowest BCUT2D eigenvalue weighted by molar-refractivity contribution is -0.141. The number of hydrogen-bond acceptors (Lipinski definition) is 5. The van der Waals surface area contributed by atoms with E-state index in [1.54, 1.807) is 31.3 Å². The van der Waals surface area contributed by atoms with Crippen LogP contribution in [-0.2, 0) is 16.6 Å². The number of anilines is 1. The largest absolute Gasteiger partial charge is 0.465 e. The lowest BCUT2D eigenvalue weighted by Gasteiger charge is -2.21. The number of nitrogens with zero attached hydrogens (tertiary/aromatic N) is 3. The monoisotopic (exact) mass is 251 g/mol. The van der Waals surface area contributed by atoms with E-state index in [1.807, 2.05) is 0 Å². The van der Waals surface area contributed by atoms with Gasteiger partial charge in [0.1, 0.15) is 6.54 Å². The van der Waals surface area contributed by atoms with Gasteiger partial charge in [-0.1, -0.05) is 0 Å². The van der Waals surface area contributed by atoms with E-state index >= 15 is 0 Å². The molecule has 0 saturated heterocycles. The standard InChI is InChI=1S/C12H17N3O3/c1-3-18-10(16)8-15(9-4-5-9)11-12(17)14(2)7-6-13-11/h6-7,9H,3-5,8H2,1-2H3. The Morgan fingerprint density at radius 1 is 1.61 bits per heavy atom. The van der Waals surface area contributed by atoms with Gasteiger partial charge in [-0.3, -0.25) is 9.59 Å². The maximum Gasteiger partial charge on any atom is 0.325 e. The molecule has 1 fully saturated rings. The molecule has 98 valence electrons. The molecule has 6 nitrogen and oxygen atoms in total. The first kappa shape index (κ1) is 12.6. The number of rotatable bonds is 5. The molecule has 0 amide bonds. The van der Waals surface area contributed by atoms with Gasteiger partial charge < -0.3 is 14.2 Å². The molecule has 0 radical (unpaired) electrons. The Hall–Kier alpha value is -1.85. The van der Waals surface area contributed by atoms with E-state index in [2.05, 4.69) is 4.98 Å². The topological polar surface area (TPSA) is 64.4 Å².